The van der Waals surface area contributed by atoms with E-state index in [1.807, 2.05) is 18.7 Å². The first kappa shape index (κ1) is 22.6. The number of para-hydroxylation sites is 1. The Morgan fingerprint density at radius 3 is 2.88 bits per heavy atom. The molecular formula is C25H33N3O4. The van der Waals surface area contributed by atoms with Crippen LogP contribution in [-0.4, -0.2) is 45.2 Å². The van der Waals surface area contributed by atoms with Gasteiger partial charge in [-0.15, -0.1) is 0 Å². The number of aliphatic hydroxyl groups is 1. The first-order valence-electron chi connectivity index (χ1n) is 11.7. The topological polar surface area (TPSA) is 78.5 Å². The highest BCUT2D eigenvalue weighted by atomic mass is 16.5. The first-order valence-corrected chi connectivity index (χ1v) is 11.7. The number of esters is 1. The van der Waals surface area contributed by atoms with Gasteiger partial charge in [-0.2, -0.15) is 5.10 Å². The van der Waals surface area contributed by atoms with E-state index in [1.165, 1.54) is 0 Å². The molecule has 0 saturated carbocycles. The lowest BCUT2D eigenvalue weighted by atomic mass is 9.97. The number of nitrogens with zero attached hydrogens (tertiary/aromatic N) is 3. The molecule has 0 bridgehead atoms. The van der Waals surface area contributed by atoms with Crippen molar-refractivity contribution in [1.29, 1.82) is 0 Å². The first-order chi connectivity index (χ1) is 15.6. The zero-order valence-corrected chi connectivity index (χ0v) is 19.3. The Morgan fingerprint density at radius 1 is 1.28 bits per heavy atom. The number of carbonyl (C=O) groups excluding carboxylic acids is 1. The van der Waals surface area contributed by atoms with Crippen LogP contribution in [0.3, 0.4) is 0 Å². The number of hydrogen-bond acceptors (Lipinski definition) is 5. The second-order valence-electron chi connectivity index (χ2n) is 8.23. The van der Waals surface area contributed by atoms with Crippen molar-refractivity contribution in [2.24, 2.45) is 7.05 Å². The normalized spacial score (nSPS) is 14.2. The summed E-state index contributed by atoms with van der Waals surface area (Å²) in [4.78, 5) is 13.2. The quantitative estimate of drug-likeness (QED) is 0.587. The molecule has 0 unspecified atom stereocenters. The van der Waals surface area contributed by atoms with Crippen LogP contribution in [0.1, 0.15) is 60.5 Å². The van der Waals surface area contributed by atoms with Crippen LogP contribution in [0.4, 0.5) is 0 Å². The maximum absolute atomic E-state index is 13.2. The lowest BCUT2D eigenvalue weighted by Gasteiger charge is -2.13. The molecule has 0 spiro atoms. The van der Waals surface area contributed by atoms with E-state index >= 15 is 0 Å². The molecule has 172 valence electrons. The summed E-state index contributed by atoms with van der Waals surface area (Å²) in [5, 5.41) is 15.4. The van der Waals surface area contributed by atoms with Gasteiger partial charge in [0, 0.05) is 49.0 Å². The molecular weight excluding hydrogens is 406 g/mol. The summed E-state index contributed by atoms with van der Waals surface area (Å²) in [5.74, 6) is -0.296. The van der Waals surface area contributed by atoms with Crippen LogP contribution >= 0.6 is 0 Å². The monoisotopic (exact) mass is 439 g/mol. The van der Waals surface area contributed by atoms with Crippen molar-refractivity contribution in [2.45, 2.75) is 59.1 Å². The van der Waals surface area contributed by atoms with Crippen molar-refractivity contribution in [2.75, 3.05) is 19.8 Å². The summed E-state index contributed by atoms with van der Waals surface area (Å²) in [5.41, 5.74) is 6.89. The average Bonchev–Trinajstić information content (AvgIpc) is 3.27. The van der Waals surface area contributed by atoms with Crippen molar-refractivity contribution in [3.8, 4) is 11.1 Å². The van der Waals surface area contributed by atoms with E-state index in [9.17, 15) is 9.90 Å². The highest BCUT2D eigenvalue weighted by Crippen LogP contribution is 2.39. The van der Waals surface area contributed by atoms with E-state index < -0.39 is 0 Å². The second kappa shape index (κ2) is 9.88. The van der Waals surface area contributed by atoms with E-state index in [1.54, 1.807) is 0 Å². The van der Waals surface area contributed by atoms with E-state index in [4.69, 9.17) is 14.6 Å². The largest absolute Gasteiger partial charge is 0.461 e. The Balaban J connectivity index is 2.08. The van der Waals surface area contributed by atoms with Gasteiger partial charge in [-0.3, -0.25) is 4.68 Å². The van der Waals surface area contributed by atoms with E-state index in [0.29, 0.717) is 44.9 Å². The summed E-state index contributed by atoms with van der Waals surface area (Å²) in [7, 11) is 1.98. The SMILES string of the molecule is CCOC(=O)c1c(CCCO)c2cccc3c2n1CCCCOCc1nn(C)c(CC)c1-3. The van der Waals surface area contributed by atoms with Crippen LogP contribution in [0.2, 0.25) is 0 Å². The van der Waals surface area contributed by atoms with Crippen LogP contribution in [-0.2, 0) is 42.5 Å². The minimum absolute atomic E-state index is 0.0820. The van der Waals surface area contributed by atoms with Crippen molar-refractivity contribution < 1.29 is 19.4 Å². The fourth-order valence-electron chi connectivity index (χ4n) is 4.93. The number of benzene rings is 1. The van der Waals surface area contributed by atoms with Crippen molar-refractivity contribution in [3.63, 3.8) is 0 Å². The van der Waals surface area contributed by atoms with Gasteiger partial charge in [0.15, 0.2) is 0 Å². The number of fused-ring (bicyclic) bond motifs is 2. The van der Waals surface area contributed by atoms with Crippen LogP contribution in [0, 0.1) is 0 Å². The Bertz CT molecular complexity index is 1110. The number of aromatic nitrogens is 3. The maximum atomic E-state index is 13.2. The third-order valence-electron chi connectivity index (χ3n) is 6.24. The van der Waals surface area contributed by atoms with Gasteiger partial charge in [0.1, 0.15) is 5.69 Å². The fourth-order valence-corrected chi connectivity index (χ4v) is 4.93. The number of aliphatic hydroxyl groups excluding tert-OH is 1. The van der Waals surface area contributed by atoms with Gasteiger partial charge in [0.25, 0.3) is 0 Å². The number of aryl methyl sites for hydroxylation is 3. The summed E-state index contributed by atoms with van der Waals surface area (Å²) >= 11 is 0. The van der Waals surface area contributed by atoms with Gasteiger partial charge in [-0.1, -0.05) is 25.1 Å². The molecule has 3 aromatic rings. The number of hydrogen-bond donors (Lipinski definition) is 1. The highest BCUT2D eigenvalue weighted by molar-refractivity contribution is 6.04. The predicted octanol–water partition coefficient (Wildman–Crippen LogP) is 4.02. The van der Waals surface area contributed by atoms with Crippen LogP contribution < -0.4 is 0 Å². The summed E-state index contributed by atoms with van der Waals surface area (Å²) in [6.07, 6.45) is 3.87. The van der Waals surface area contributed by atoms with Crippen LogP contribution in [0.5, 0.6) is 0 Å². The van der Waals surface area contributed by atoms with Crippen LogP contribution in [0.15, 0.2) is 18.2 Å². The molecule has 0 saturated heterocycles. The lowest BCUT2D eigenvalue weighted by molar-refractivity contribution is 0.0512. The van der Waals surface area contributed by atoms with E-state index in [2.05, 4.69) is 29.7 Å². The van der Waals surface area contributed by atoms with Gasteiger partial charge < -0.3 is 19.1 Å². The molecule has 0 aliphatic carbocycles. The van der Waals surface area contributed by atoms with Crippen LogP contribution in [0.25, 0.3) is 22.0 Å². The Kier molecular flexibility index (Phi) is 6.96. The number of ether oxygens (including phenoxy) is 2. The van der Waals surface area contributed by atoms with Crippen molar-refractivity contribution in [3.05, 3.63) is 40.8 Å². The van der Waals surface area contributed by atoms with Crippen molar-refractivity contribution in [1.82, 2.24) is 14.3 Å². The molecule has 0 fully saturated rings. The predicted molar refractivity (Wildman–Crippen MR) is 124 cm³/mol. The third kappa shape index (κ3) is 3.95. The lowest BCUT2D eigenvalue weighted by Crippen LogP contribution is -2.15. The minimum Gasteiger partial charge on any atom is -0.461 e. The van der Waals surface area contributed by atoms with Gasteiger partial charge >= 0.3 is 5.97 Å². The summed E-state index contributed by atoms with van der Waals surface area (Å²) in [6.45, 7) is 6.22. The molecule has 7 nitrogen and oxygen atoms in total. The molecule has 32 heavy (non-hydrogen) atoms. The van der Waals surface area contributed by atoms with Gasteiger partial charge in [-0.05, 0) is 44.6 Å². The third-order valence-corrected chi connectivity index (χ3v) is 6.24. The molecule has 0 radical (unpaired) electrons. The summed E-state index contributed by atoms with van der Waals surface area (Å²) < 4.78 is 15.6. The molecule has 0 amide bonds. The number of carbonyl (C=O) groups is 1. The minimum atomic E-state index is -0.296. The maximum Gasteiger partial charge on any atom is 0.355 e. The Labute approximate surface area is 188 Å². The molecule has 3 heterocycles. The highest BCUT2D eigenvalue weighted by Gasteiger charge is 2.28. The average molecular weight is 440 g/mol. The molecule has 2 aromatic heterocycles. The zero-order valence-electron chi connectivity index (χ0n) is 19.3. The molecule has 1 N–H and O–H groups in total. The molecule has 1 aliphatic heterocycles. The smallest absolute Gasteiger partial charge is 0.355 e. The molecule has 1 aliphatic rings. The summed E-state index contributed by atoms with van der Waals surface area (Å²) in [6, 6.07) is 6.26. The Hall–Kier alpha value is -2.64. The second-order valence-corrected chi connectivity index (χ2v) is 8.23. The van der Waals surface area contributed by atoms with Gasteiger partial charge in [0.2, 0.25) is 0 Å². The standard InChI is InChI=1S/C25H33N3O4/c1-4-21-22-19-11-8-10-17-18(12-9-14-29)24(25(30)32-5-2)28(23(17)19)13-6-7-15-31-16-20(22)26-27(21)3/h8,10-11,29H,4-7,9,12-16H2,1-3H3. The van der Waals surface area contributed by atoms with Crippen molar-refractivity contribution >= 4 is 16.9 Å². The number of rotatable bonds is 6. The van der Waals surface area contributed by atoms with Gasteiger partial charge in [0.05, 0.1) is 24.4 Å². The molecule has 4 rings (SSSR count). The zero-order chi connectivity index (χ0) is 22.7. The fraction of sp³-hybridized carbons (Fsp3) is 0.520. The molecule has 0 atom stereocenters. The van der Waals surface area contributed by atoms with E-state index in [0.717, 1.165) is 58.2 Å². The van der Waals surface area contributed by atoms with Gasteiger partial charge in [-0.25, -0.2) is 4.79 Å². The molecule has 7 heteroatoms. The Morgan fingerprint density at radius 2 is 2.12 bits per heavy atom. The van der Waals surface area contributed by atoms with E-state index in [-0.39, 0.29) is 12.6 Å². The molecule has 1 aromatic carbocycles.